The minimum atomic E-state index is -1.11. The van der Waals surface area contributed by atoms with E-state index < -0.39 is 102 Å². The molecule has 1 saturated heterocycles. The Hall–Kier alpha value is -7.77. The summed E-state index contributed by atoms with van der Waals surface area (Å²) in [5.41, 5.74) is 6.95. The highest BCUT2D eigenvalue weighted by Gasteiger charge is 2.44. The predicted octanol–water partition coefficient (Wildman–Crippen LogP) is 6.95. The number of aliphatic hydroxyl groups is 1. The maximum atomic E-state index is 14.8. The molecule has 0 saturated carbocycles. The Kier molecular flexibility index (Phi) is 33.7. The zero-order chi connectivity index (χ0) is 71.5. The minimum absolute atomic E-state index is 0.0287. The van der Waals surface area contributed by atoms with Crippen LogP contribution < -0.4 is 32.3 Å². The van der Waals surface area contributed by atoms with Gasteiger partial charge in [0, 0.05) is 84.5 Å². The van der Waals surface area contributed by atoms with Crippen molar-refractivity contribution in [2.45, 2.75) is 214 Å². The zero-order valence-electron chi connectivity index (χ0n) is 59.1. The van der Waals surface area contributed by atoms with Crippen molar-refractivity contribution in [1.82, 2.24) is 40.9 Å². The second-order valence-electron chi connectivity index (χ2n) is 26.8. The lowest BCUT2D eigenvalue weighted by molar-refractivity contribution is -0.148. The number of methoxy groups -OCH3 is 2. The zero-order valence-corrected chi connectivity index (χ0v) is 59.1. The van der Waals surface area contributed by atoms with Crippen LogP contribution in [0.5, 0.6) is 0 Å². The molecule has 2 aromatic rings. The molecule has 0 aliphatic carbocycles. The summed E-state index contributed by atoms with van der Waals surface area (Å²) in [7, 11) is 6.17. The fourth-order valence-corrected chi connectivity index (χ4v) is 12.7. The average molecular weight is 1340 g/mol. The first-order chi connectivity index (χ1) is 45.5. The molecule has 0 spiro atoms. The number of hydrogen-bond donors (Lipinski definition) is 7. The maximum Gasteiger partial charge on any atom is 0.410 e. The fourth-order valence-electron chi connectivity index (χ4n) is 12.7. The molecule has 1 fully saturated rings. The predicted molar refractivity (Wildman–Crippen MR) is 364 cm³/mol. The van der Waals surface area contributed by atoms with Gasteiger partial charge in [0.2, 0.25) is 35.4 Å². The van der Waals surface area contributed by atoms with Gasteiger partial charge in [-0.15, -0.1) is 0 Å². The highest BCUT2D eigenvalue weighted by molar-refractivity contribution is 6.12. The third-order valence-corrected chi connectivity index (χ3v) is 18.6. The molecule has 12 atom stereocenters. The number of nitrogens with zero attached hydrogens (tertiary/aromatic N) is 4. The Morgan fingerprint density at radius 1 is 0.698 bits per heavy atom. The maximum absolute atomic E-state index is 14.8. The molecule has 0 bridgehead atoms. The molecule has 0 radical (unpaired) electrons. The molecule has 11 amide bonds. The summed E-state index contributed by atoms with van der Waals surface area (Å²) in [6.07, 6.45) is 5.11. The average Bonchev–Trinajstić information content (AvgIpc) is 1.34. The van der Waals surface area contributed by atoms with Crippen molar-refractivity contribution in [3.63, 3.8) is 0 Å². The molecule has 25 heteroatoms. The van der Waals surface area contributed by atoms with Gasteiger partial charge in [0.1, 0.15) is 36.6 Å². The van der Waals surface area contributed by atoms with Gasteiger partial charge < -0.3 is 61.4 Å². The molecular formula is C71H110N10O15. The van der Waals surface area contributed by atoms with E-state index in [1.54, 1.807) is 75.9 Å². The lowest BCUT2D eigenvalue weighted by Crippen LogP contribution is -2.60. The van der Waals surface area contributed by atoms with Crippen molar-refractivity contribution >= 4 is 70.9 Å². The minimum Gasteiger partial charge on any atom is -0.445 e. The van der Waals surface area contributed by atoms with Gasteiger partial charge >= 0.3 is 12.1 Å². The number of urea groups is 1. The van der Waals surface area contributed by atoms with Crippen LogP contribution in [0.15, 0.2) is 66.7 Å². The van der Waals surface area contributed by atoms with Gasteiger partial charge in [-0.1, -0.05) is 125 Å². The lowest BCUT2D eigenvalue weighted by Gasteiger charge is -2.41. The van der Waals surface area contributed by atoms with Gasteiger partial charge in [-0.3, -0.25) is 53.0 Å². The van der Waals surface area contributed by atoms with E-state index in [9.17, 15) is 57.8 Å². The van der Waals surface area contributed by atoms with Crippen LogP contribution in [-0.4, -0.2) is 186 Å². The van der Waals surface area contributed by atoms with E-state index in [4.69, 9.17) is 19.9 Å². The number of anilines is 1. The summed E-state index contributed by atoms with van der Waals surface area (Å²) in [6.45, 7) is 19.1. The summed E-state index contributed by atoms with van der Waals surface area (Å²) in [5.74, 6) is -5.42. The monoisotopic (exact) mass is 1340 g/mol. The van der Waals surface area contributed by atoms with E-state index in [2.05, 4.69) is 26.6 Å². The van der Waals surface area contributed by atoms with Gasteiger partial charge in [-0.05, 0) is 104 Å². The highest BCUT2D eigenvalue weighted by atomic mass is 16.6. The molecule has 8 N–H and O–H groups in total. The van der Waals surface area contributed by atoms with Crippen LogP contribution in [0, 0.1) is 35.5 Å². The van der Waals surface area contributed by atoms with Crippen molar-refractivity contribution in [3.8, 4) is 0 Å². The van der Waals surface area contributed by atoms with Crippen LogP contribution in [0.4, 0.5) is 15.3 Å². The number of benzene rings is 2. The first kappa shape index (κ1) is 80.7. The van der Waals surface area contributed by atoms with E-state index in [1.165, 1.54) is 31.2 Å². The number of ketones is 1. The lowest BCUT2D eigenvalue weighted by atomic mass is 9.87. The number of ether oxygens (including phenoxy) is 3. The first-order valence-electron chi connectivity index (χ1n) is 34.1. The van der Waals surface area contributed by atoms with Crippen molar-refractivity contribution < 1.29 is 72.1 Å². The standard InChI is InChI=1S/C71H110N10O15/c1-15-46(8)63(55(94-13)41-59(86)80-40-24-29-53(80)65(95-14)48(10)54(82)30-22-25-47(9)64(87)50-26-18-16-19-27-50)78(11)69(91)61(44(4)5)77-68(90)62(45(6)7)79(12)71(93)96-42-49-32-34-51(35-33-49)74-66(88)52(28-23-38-73-70(72)92)75-67(89)60(43(2)3)76-56(83)31-20-17-21-39-81-57(84)36-37-58(81)85/h16,18-19,26-27,32-37,43-48,52-53,55,60-65,87H,15,17,20-25,28-31,38-42H2,1-14H3,(H,74,88)(H,75,89)(H,76,83)(H,77,90)(H3,72,73,92)/t46-,47-,48-,52-,53-,55+,60-,61-,62-,63-,64+,65+/m0/s1. The van der Waals surface area contributed by atoms with Gasteiger partial charge in [-0.25, -0.2) is 9.59 Å². The van der Waals surface area contributed by atoms with Crippen molar-refractivity contribution in [2.24, 2.45) is 41.2 Å². The molecule has 2 heterocycles. The largest absolute Gasteiger partial charge is 0.445 e. The highest BCUT2D eigenvalue weighted by Crippen LogP contribution is 2.32. The molecule has 25 nitrogen and oxygen atoms in total. The van der Waals surface area contributed by atoms with Crippen LogP contribution in [0.1, 0.15) is 170 Å². The van der Waals surface area contributed by atoms with Gasteiger partial charge in [0.05, 0.1) is 36.8 Å². The number of carbonyl (C=O) groups is 11. The molecule has 4 rings (SSSR count). The summed E-state index contributed by atoms with van der Waals surface area (Å²) >= 11 is 0. The van der Waals surface area contributed by atoms with Gasteiger partial charge in [0.25, 0.3) is 11.8 Å². The molecule has 0 aromatic heterocycles. The number of nitrogens with one attached hydrogen (secondary N) is 5. The SMILES string of the molecule is CC[C@H](C)[C@@H]([C@@H](CC(=O)N1CCC[C@H]1[C@H](OC)[C@@H](C)C(=O)CCC[C@H](C)[C@@H](O)c1ccccc1)OC)N(C)C(=O)[C@@H](NC(=O)[C@H](C(C)C)N(C)C(=O)OCc1ccc(NC(=O)[C@H](CCCNC(N)=O)NC(=O)[C@@H](NC(=O)CCCCCN2C(=O)C=CC2=O)C(C)C)cc1)C(C)C. The molecule has 0 unspecified atom stereocenters. The third-order valence-electron chi connectivity index (χ3n) is 18.6. The number of likely N-dealkylation sites (tertiary alicyclic amines) is 1. The fraction of sp³-hybridized carbons (Fsp3) is 0.648. The Bertz CT molecular complexity index is 2910. The number of hydrogen-bond acceptors (Lipinski definition) is 15. The summed E-state index contributed by atoms with van der Waals surface area (Å²) in [6, 6.07) is 9.90. The van der Waals surface area contributed by atoms with E-state index in [0.29, 0.717) is 69.2 Å². The number of nitrogens with two attached hydrogens (primary N) is 1. The molecule has 2 aliphatic heterocycles. The van der Waals surface area contributed by atoms with Crippen LogP contribution in [0.2, 0.25) is 0 Å². The number of imide groups is 1. The van der Waals surface area contributed by atoms with Crippen molar-refractivity contribution in [1.29, 1.82) is 0 Å². The van der Waals surface area contributed by atoms with Gasteiger partial charge in [-0.2, -0.15) is 0 Å². The number of rotatable bonds is 41. The Balaban J connectivity index is 1.36. The smallest absolute Gasteiger partial charge is 0.410 e. The number of Topliss-reactive ketones (excluding diaryl/α,β-unsaturated/α-hetero) is 1. The molecule has 2 aromatic carbocycles. The van der Waals surface area contributed by atoms with E-state index >= 15 is 0 Å². The topological polar surface area (TPSA) is 335 Å². The number of likely N-dealkylation sites (N-methyl/N-ethyl adjacent to an activating group) is 2. The van der Waals surface area contributed by atoms with Crippen LogP contribution in [0.25, 0.3) is 0 Å². The first-order valence-corrected chi connectivity index (χ1v) is 34.1. The molecule has 2 aliphatic rings. The molecule has 96 heavy (non-hydrogen) atoms. The number of carbonyl (C=O) groups excluding carboxylic acids is 11. The van der Waals surface area contributed by atoms with E-state index in [1.807, 2.05) is 71.9 Å². The summed E-state index contributed by atoms with van der Waals surface area (Å²) in [5, 5.41) is 24.6. The Labute approximate surface area is 567 Å². The second kappa shape index (κ2) is 40.1. The second-order valence-corrected chi connectivity index (χ2v) is 26.8. The summed E-state index contributed by atoms with van der Waals surface area (Å²) < 4.78 is 17.8. The van der Waals surface area contributed by atoms with Crippen molar-refractivity contribution in [3.05, 3.63) is 77.9 Å². The normalized spacial score (nSPS) is 17.3. The number of aliphatic hydroxyl groups excluding tert-OH is 1. The Morgan fingerprint density at radius 3 is 1.93 bits per heavy atom. The van der Waals surface area contributed by atoms with Crippen LogP contribution in [-0.2, 0) is 64.0 Å². The number of primary amides is 1. The van der Waals surface area contributed by atoms with Gasteiger partial charge in [0.15, 0.2) is 0 Å². The number of amides is 11. The van der Waals surface area contributed by atoms with E-state index in [0.717, 1.165) is 16.9 Å². The van der Waals surface area contributed by atoms with Crippen LogP contribution >= 0.6 is 0 Å². The Morgan fingerprint density at radius 2 is 1.34 bits per heavy atom. The third kappa shape index (κ3) is 24.1. The van der Waals surface area contributed by atoms with Crippen molar-refractivity contribution in [2.75, 3.05) is 53.3 Å². The molecular weight excluding hydrogens is 1230 g/mol. The van der Waals surface area contributed by atoms with Crippen LogP contribution in [0.3, 0.4) is 0 Å². The quantitative estimate of drug-likeness (QED) is 0.0262. The number of unbranched alkanes of at least 4 members (excludes halogenated alkanes) is 2. The van der Waals surface area contributed by atoms with E-state index in [-0.39, 0.29) is 98.6 Å². The summed E-state index contributed by atoms with van der Waals surface area (Å²) in [4.78, 5) is 153. The molecule has 534 valence electrons.